The Morgan fingerprint density at radius 3 is 2.46 bits per heavy atom. The van der Waals surface area contributed by atoms with Gasteiger partial charge in [0.2, 0.25) is 0 Å². The van der Waals surface area contributed by atoms with Crippen molar-refractivity contribution >= 4 is 35.1 Å². The molecule has 0 spiro atoms. The molecule has 0 fully saturated rings. The summed E-state index contributed by atoms with van der Waals surface area (Å²) in [6.07, 6.45) is 1.72. The van der Waals surface area contributed by atoms with Crippen molar-refractivity contribution in [1.82, 2.24) is 10.6 Å². The molecule has 0 aromatic heterocycles. The highest BCUT2D eigenvalue weighted by atomic mass is 19.1. The van der Waals surface area contributed by atoms with Gasteiger partial charge in [0.25, 0.3) is 5.91 Å². The number of nitrogens with one attached hydrogen (secondary N) is 4. The molecule has 4 rings (SSSR count). The van der Waals surface area contributed by atoms with Gasteiger partial charge in [-0.2, -0.15) is 0 Å². The maximum absolute atomic E-state index is 13.4. The monoisotopic (exact) mass is 469 g/mol. The van der Waals surface area contributed by atoms with Gasteiger partial charge in [-0.3, -0.25) is 10.2 Å². The van der Waals surface area contributed by atoms with E-state index in [1.54, 1.807) is 31.2 Å². The predicted octanol–water partition coefficient (Wildman–Crippen LogP) is 4.73. The molecule has 3 aromatic rings. The van der Waals surface area contributed by atoms with Crippen molar-refractivity contribution < 1.29 is 14.0 Å². The predicted molar refractivity (Wildman–Crippen MR) is 135 cm³/mol. The first-order valence-electron chi connectivity index (χ1n) is 10.8. The summed E-state index contributed by atoms with van der Waals surface area (Å²) in [6, 6.07) is 16.6. The molecule has 7 nitrogen and oxygen atoms in total. The second-order valence-corrected chi connectivity index (χ2v) is 8.08. The lowest BCUT2D eigenvalue weighted by molar-refractivity contribution is -0.113. The lowest BCUT2D eigenvalue weighted by Crippen LogP contribution is -2.46. The van der Waals surface area contributed by atoms with Crippen LogP contribution in [0.3, 0.4) is 0 Å². The van der Waals surface area contributed by atoms with E-state index >= 15 is 0 Å². The number of allylic oxidation sites excluding steroid dienone is 1. The van der Waals surface area contributed by atoms with Crippen LogP contribution in [-0.2, 0) is 4.79 Å². The molecular formula is C27H24FN5O2. The van der Waals surface area contributed by atoms with Crippen molar-refractivity contribution in [3.05, 3.63) is 113 Å². The Balaban J connectivity index is 1.62. The van der Waals surface area contributed by atoms with Gasteiger partial charge in [0, 0.05) is 28.2 Å². The third-order valence-corrected chi connectivity index (χ3v) is 5.73. The van der Waals surface area contributed by atoms with Gasteiger partial charge in [-0.05, 0) is 48.4 Å². The molecule has 0 saturated carbocycles. The molecule has 0 aliphatic carbocycles. The second kappa shape index (κ2) is 9.64. The summed E-state index contributed by atoms with van der Waals surface area (Å²) in [5, 5.41) is 16.8. The van der Waals surface area contributed by atoms with E-state index in [1.807, 2.05) is 24.3 Å². The van der Waals surface area contributed by atoms with Crippen LogP contribution in [0.4, 0.5) is 20.6 Å². The first kappa shape index (κ1) is 23.4. The zero-order valence-electron chi connectivity index (χ0n) is 19.0. The van der Waals surface area contributed by atoms with E-state index in [2.05, 4.69) is 22.5 Å². The van der Waals surface area contributed by atoms with Gasteiger partial charge in [-0.1, -0.05) is 49.1 Å². The van der Waals surface area contributed by atoms with E-state index in [1.165, 1.54) is 24.3 Å². The highest BCUT2D eigenvalue weighted by Gasteiger charge is 2.31. The fraction of sp³-hybridized carbons (Fsp3) is 0.0741. The third-order valence-electron chi connectivity index (χ3n) is 5.73. The number of rotatable bonds is 6. The van der Waals surface area contributed by atoms with Gasteiger partial charge in [-0.15, -0.1) is 0 Å². The number of carbonyl (C=O) groups excluding carboxylic acids is 2. The maximum atomic E-state index is 13.4. The van der Waals surface area contributed by atoms with Crippen LogP contribution >= 0.6 is 0 Å². The second-order valence-electron chi connectivity index (χ2n) is 8.08. The van der Waals surface area contributed by atoms with Gasteiger partial charge >= 0.3 is 6.03 Å². The maximum Gasteiger partial charge on any atom is 0.319 e. The van der Waals surface area contributed by atoms with Crippen LogP contribution in [0.2, 0.25) is 0 Å². The smallest absolute Gasteiger partial charge is 0.319 e. The van der Waals surface area contributed by atoms with E-state index in [9.17, 15) is 14.0 Å². The van der Waals surface area contributed by atoms with Crippen molar-refractivity contribution in [1.29, 1.82) is 5.41 Å². The largest absolute Gasteiger partial charge is 0.398 e. The summed E-state index contributed by atoms with van der Waals surface area (Å²) < 4.78 is 13.4. The molecule has 3 aromatic carbocycles. The first-order chi connectivity index (χ1) is 16.8. The van der Waals surface area contributed by atoms with E-state index in [0.717, 1.165) is 5.56 Å². The summed E-state index contributed by atoms with van der Waals surface area (Å²) in [5.41, 5.74) is 10.5. The topological polar surface area (TPSA) is 120 Å². The lowest BCUT2D eigenvalue weighted by Gasteiger charge is -2.28. The molecule has 8 heteroatoms. The van der Waals surface area contributed by atoms with Crippen molar-refractivity contribution in [2.24, 2.45) is 0 Å². The van der Waals surface area contributed by atoms with Gasteiger partial charge in [-0.25, -0.2) is 9.18 Å². The standard InChI is InChI=1S/C27H24FN5O2/c1-3-16-4-6-17(7-5-16)24(30)21-14-20(12-13-22(21)29)32-26(34)23-15(2)31-27(35)33-25(23)18-8-10-19(28)11-9-18/h3-14,25,30H,1,29H2,2H3,(H,32,34)(H2,31,33,35). The van der Waals surface area contributed by atoms with Crippen molar-refractivity contribution in [3.63, 3.8) is 0 Å². The molecular weight excluding hydrogens is 445 g/mol. The van der Waals surface area contributed by atoms with E-state index in [-0.39, 0.29) is 11.3 Å². The average molecular weight is 470 g/mol. The molecule has 1 heterocycles. The van der Waals surface area contributed by atoms with Gasteiger partial charge in [0.1, 0.15) is 5.82 Å². The molecule has 1 unspecified atom stereocenters. The number of hydrogen-bond acceptors (Lipinski definition) is 4. The zero-order chi connectivity index (χ0) is 25.1. The molecule has 3 amide bonds. The number of urea groups is 1. The van der Waals surface area contributed by atoms with Gasteiger partial charge < -0.3 is 21.7 Å². The minimum atomic E-state index is -0.765. The first-order valence-corrected chi connectivity index (χ1v) is 10.8. The van der Waals surface area contributed by atoms with Crippen LogP contribution in [0, 0.1) is 11.2 Å². The summed E-state index contributed by atoms with van der Waals surface area (Å²) >= 11 is 0. The van der Waals surface area contributed by atoms with Gasteiger partial charge in [0.15, 0.2) is 0 Å². The number of hydrogen-bond donors (Lipinski definition) is 5. The molecule has 176 valence electrons. The number of carbonyl (C=O) groups is 2. The molecule has 0 radical (unpaired) electrons. The summed E-state index contributed by atoms with van der Waals surface area (Å²) in [6.45, 7) is 5.36. The average Bonchev–Trinajstić information content (AvgIpc) is 2.84. The molecule has 1 atom stereocenters. The Kier molecular flexibility index (Phi) is 6.46. The van der Waals surface area contributed by atoms with E-state index < -0.39 is 23.8 Å². The minimum absolute atomic E-state index is 0.209. The Morgan fingerprint density at radius 1 is 1.11 bits per heavy atom. The number of amides is 3. The quantitative estimate of drug-likeness (QED) is 0.265. The summed E-state index contributed by atoms with van der Waals surface area (Å²) in [4.78, 5) is 25.4. The summed E-state index contributed by atoms with van der Waals surface area (Å²) in [7, 11) is 0. The number of halogens is 1. The minimum Gasteiger partial charge on any atom is -0.398 e. The number of nitrogens with two attached hydrogens (primary N) is 1. The van der Waals surface area contributed by atoms with Crippen LogP contribution in [0.25, 0.3) is 6.08 Å². The number of benzene rings is 3. The molecule has 35 heavy (non-hydrogen) atoms. The van der Waals surface area contributed by atoms with Crippen LogP contribution < -0.4 is 21.7 Å². The summed E-state index contributed by atoms with van der Waals surface area (Å²) in [5.74, 6) is -0.876. The van der Waals surface area contributed by atoms with E-state index in [0.29, 0.717) is 33.8 Å². The van der Waals surface area contributed by atoms with E-state index in [4.69, 9.17) is 11.1 Å². The van der Waals surface area contributed by atoms with Crippen LogP contribution in [-0.4, -0.2) is 17.6 Å². The number of nitrogen functional groups attached to an aromatic ring is 1. The zero-order valence-corrected chi connectivity index (χ0v) is 19.0. The van der Waals surface area contributed by atoms with Crippen LogP contribution in [0.15, 0.2) is 84.6 Å². The van der Waals surface area contributed by atoms with Gasteiger partial charge in [0.05, 0.1) is 17.3 Å². The van der Waals surface area contributed by atoms with Crippen molar-refractivity contribution in [3.8, 4) is 0 Å². The number of anilines is 2. The molecule has 6 N–H and O–H groups in total. The van der Waals surface area contributed by atoms with Crippen LogP contribution in [0.1, 0.15) is 35.2 Å². The molecule has 1 aliphatic rings. The molecule has 1 aliphatic heterocycles. The van der Waals surface area contributed by atoms with Crippen LogP contribution in [0.5, 0.6) is 0 Å². The Bertz CT molecular complexity index is 1360. The fourth-order valence-electron chi connectivity index (χ4n) is 3.89. The van der Waals surface area contributed by atoms with Crippen molar-refractivity contribution in [2.45, 2.75) is 13.0 Å². The molecule has 0 saturated heterocycles. The van der Waals surface area contributed by atoms with Crippen molar-refractivity contribution in [2.75, 3.05) is 11.1 Å². The fourth-order valence-corrected chi connectivity index (χ4v) is 3.89. The lowest BCUT2D eigenvalue weighted by atomic mass is 9.94. The third kappa shape index (κ3) is 4.96. The SMILES string of the molecule is C=Cc1ccc(C(=N)c2cc(NC(=O)C3=C(C)NC(=O)NC3c3ccc(F)cc3)ccc2N)cc1. The Morgan fingerprint density at radius 2 is 1.80 bits per heavy atom. The Labute approximate surface area is 202 Å². The molecule has 0 bridgehead atoms. The highest BCUT2D eigenvalue weighted by molar-refractivity contribution is 6.15. The highest BCUT2D eigenvalue weighted by Crippen LogP contribution is 2.29. The Hall–Kier alpha value is -4.72. The normalized spacial score (nSPS) is 15.1.